The molecule has 2 aromatic carbocycles. The number of benzene rings is 2. The van der Waals surface area contributed by atoms with Crippen molar-refractivity contribution in [1.82, 2.24) is 0 Å². The van der Waals surface area contributed by atoms with Gasteiger partial charge in [-0.15, -0.1) is 0 Å². The van der Waals surface area contributed by atoms with Crippen LogP contribution in [0.1, 0.15) is 16.7 Å². The molecule has 0 aliphatic heterocycles. The summed E-state index contributed by atoms with van der Waals surface area (Å²) in [6, 6.07) is 13.8. The van der Waals surface area contributed by atoms with Crippen LogP contribution in [0.25, 0.3) is 0 Å². The first kappa shape index (κ1) is 15.4. The Morgan fingerprint density at radius 3 is 2.14 bits per heavy atom. The van der Waals surface area contributed by atoms with Crippen molar-refractivity contribution < 1.29 is 14.2 Å². The van der Waals surface area contributed by atoms with E-state index in [-0.39, 0.29) is 0 Å². The molecule has 4 nitrogen and oxygen atoms in total. The second-order valence-electron chi connectivity index (χ2n) is 4.69. The largest absolute Gasteiger partial charge is 0.497 e. The minimum absolute atomic E-state index is 0.454. The van der Waals surface area contributed by atoms with Crippen LogP contribution in [0.2, 0.25) is 0 Å². The smallest absolute Gasteiger partial charge is 0.123 e. The molecule has 0 saturated carbocycles. The van der Waals surface area contributed by atoms with Gasteiger partial charge in [0.05, 0.1) is 27.4 Å². The van der Waals surface area contributed by atoms with Gasteiger partial charge < -0.3 is 19.9 Å². The first-order chi connectivity index (χ1) is 10.3. The van der Waals surface area contributed by atoms with Crippen molar-refractivity contribution in [3.8, 4) is 11.5 Å². The lowest BCUT2D eigenvalue weighted by Crippen LogP contribution is -2.02. The van der Waals surface area contributed by atoms with Crippen molar-refractivity contribution in [3.63, 3.8) is 0 Å². The number of nitrogens with two attached hydrogens (primary N) is 1. The van der Waals surface area contributed by atoms with E-state index in [1.165, 1.54) is 0 Å². The summed E-state index contributed by atoms with van der Waals surface area (Å²) in [5.74, 6) is 1.66. The number of ether oxygens (including phenoxy) is 3. The Balaban J connectivity index is 1.90. The van der Waals surface area contributed by atoms with Crippen LogP contribution in [0.15, 0.2) is 42.5 Å². The number of rotatable bonds is 7. The molecule has 0 aromatic heterocycles. The highest BCUT2D eigenvalue weighted by Crippen LogP contribution is 2.20. The zero-order chi connectivity index (χ0) is 15.1. The summed E-state index contributed by atoms with van der Waals surface area (Å²) in [7, 11) is 3.30. The van der Waals surface area contributed by atoms with Gasteiger partial charge in [0.1, 0.15) is 11.5 Å². The van der Waals surface area contributed by atoms with E-state index in [9.17, 15) is 0 Å². The van der Waals surface area contributed by atoms with Gasteiger partial charge in [0.2, 0.25) is 0 Å². The van der Waals surface area contributed by atoms with Crippen molar-refractivity contribution in [2.75, 3.05) is 14.2 Å². The Hall–Kier alpha value is -2.04. The predicted molar refractivity (Wildman–Crippen MR) is 82.4 cm³/mol. The molecule has 0 spiro atoms. The summed E-state index contributed by atoms with van der Waals surface area (Å²) in [6.07, 6.45) is 0. The molecule has 0 amide bonds. The first-order valence-electron chi connectivity index (χ1n) is 6.83. The highest BCUT2D eigenvalue weighted by Gasteiger charge is 2.03. The van der Waals surface area contributed by atoms with Crippen LogP contribution in [0, 0.1) is 0 Å². The molecule has 0 saturated heterocycles. The van der Waals surface area contributed by atoms with Crippen molar-refractivity contribution in [3.05, 3.63) is 59.2 Å². The minimum atomic E-state index is 0.454. The molecule has 0 bridgehead atoms. The Labute approximate surface area is 125 Å². The van der Waals surface area contributed by atoms with Crippen LogP contribution in [-0.2, 0) is 24.5 Å². The van der Waals surface area contributed by atoms with Crippen molar-refractivity contribution in [2.24, 2.45) is 5.73 Å². The van der Waals surface area contributed by atoms with Gasteiger partial charge in [-0.1, -0.05) is 18.2 Å². The van der Waals surface area contributed by atoms with Crippen molar-refractivity contribution in [2.45, 2.75) is 19.8 Å². The molecule has 2 N–H and O–H groups in total. The summed E-state index contributed by atoms with van der Waals surface area (Å²) in [6.45, 7) is 1.56. The van der Waals surface area contributed by atoms with E-state index in [0.717, 1.165) is 28.2 Å². The summed E-state index contributed by atoms with van der Waals surface area (Å²) < 4.78 is 16.1. The molecule has 0 heterocycles. The van der Waals surface area contributed by atoms with E-state index in [0.29, 0.717) is 19.8 Å². The predicted octanol–water partition coefficient (Wildman–Crippen LogP) is 2.88. The molecule has 0 atom stereocenters. The fourth-order valence-corrected chi connectivity index (χ4v) is 2.09. The zero-order valence-electron chi connectivity index (χ0n) is 12.5. The Morgan fingerprint density at radius 2 is 1.52 bits per heavy atom. The van der Waals surface area contributed by atoms with E-state index >= 15 is 0 Å². The molecule has 0 aliphatic rings. The van der Waals surface area contributed by atoms with Gasteiger partial charge in [-0.2, -0.15) is 0 Å². The summed E-state index contributed by atoms with van der Waals surface area (Å²) in [5.41, 5.74) is 8.90. The Kier molecular flexibility index (Phi) is 5.60. The lowest BCUT2D eigenvalue weighted by atomic mass is 10.1. The summed E-state index contributed by atoms with van der Waals surface area (Å²) >= 11 is 0. The van der Waals surface area contributed by atoms with Crippen LogP contribution >= 0.6 is 0 Å². The van der Waals surface area contributed by atoms with E-state index in [4.69, 9.17) is 19.9 Å². The molecule has 2 rings (SSSR count). The maximum Gasteiger partial charge on any atom is 0.123 e. The maximum absolute atomic E-state index is 5.73. The van der Waals surface area contributed by atoms with Crippen molar-refractivity contribution >= 4 is 0 Å². The second kappa shape index (κ2) is 7.67. The normalized spacial score (nSPS) is 10.4. The first-order valence-corrected chi connectivity index (χ1v) is 6.83. The highest BCUT2D eigenvalue weighted by atomic mass is 16.5. The lowest BCUT2D eigenvalue weighted by molar-refractivity contribution is 0.107. The third-order valence-corrected chi connectivity index (χ3v) is 3.26. The highest BCUT2D eigenvalue weighted by molar-refractivity contribution is 5.37. The van der Waals surface area contributed by atoms with Crippen LogP contribution in [0.4, 0.5) is 0 Å². The monoisotopic (exact) mass is 287 g/mol. The summed E-state index contributed by atoms with van der Waals surface area (Å²) in [5, 5.41) is 0. The Morgan fingerprint density at radius 1 is 0.857 bits per heavy atom. The SMILES string of the molecule is COc1ccc(COCc2ccc(OC)c(CN)c2)cc1. The van der Waals surface area contributed by atoms with Gasteiger partial charge in [0, 0.05) is 12.1 Å². The van der Waals surface area contributed by atoms with E-state index < -0.39 is 0 Å². The molecular weight excluding hydrogens is 266 g/mol. The van der Waals surface area contributed by atoms with Gasteiger partial charge in [0.25, 0.3) is 0 Å². The van der Waals surface area contributed by atoms with Gasteiger partial charge >= 0.3 is 0 Å². The number of hydrogen-bond acceptors (Lipinski definition) is 4. The average Bonchev–Trinajstić information content (AvgIpc) is 2.55. The molecule has 0 aliphatic carbocycles. The van der Waals surface area contributed by atoms with Crippen LogP contribution in [0.3, 0.4) is 0 Å². The van der Waals surface area contributed by atoms with Crippen molar-refractivity contribution in [1.29, 1.82) is 0 Å². The third-order valence-electron chi connectivity index (χ3n) is 3.26. The molecule has 112 valence electrons. The summed E-state index contributed by atoms with van der Waals surface area (Å²) in [4.78, 5) is 0. The molecular formula is C17H21NO3. The topological polar surface area (TPSA) is 53.7 Å². The molecule has 0 fully saturated rings. The molecule has 4 heteroatoms. The quantitative estimate of drug-likeness (QED) is 0.850. The van der Waals surface area contributed by atoms with Crippen LogP contribution in [0.5, 0.6) is 11.5 Å². The third kappa shape index (κ3) is 4.21. The molecule has 0 unspecified atom stereocenters. The van der Waals surface area contributed by atoms with Crippen LogP contribution < -0.4 is 15.2 Å². The average molecular weight is 287 g/mol. The fourth-order valence-electron chi connectivity index (χ4n) is 2.09. The van der Waals surface area contributed by atoms with E-state index in [2.05, 4.69) is 0 Å². The maximum atomic E-state index is 5.73. The van der Waals surface area contributed by atoms with E-state index in [1.54, 1.807) is 14.2 Å². The van der Waals surface area contributed by atoms with E-state index in [1.807, 2.05) is 42.5 Å². The molecule has 0 radical (unpaired) electrons. The Bertz CT molecular complexity index is 567. The second-order valence-corrected chi connectivity index (χ2v) is 4.69. The van der Waals surface area contributed by atoms with Gasteiger partial charge in [-0.05, 0) is 35.4 Å². The zero-order valence-corrected chi connectivity index (χ0v) is 12.5. The lowest BCUT2D eigenvalue weighted by Gasteiger charge is -2.10. The number of methoxy groups -OCH3 is 2. The van der Waals surface area contributed by atoms with Gasteiger partial charge in [0.15, 0.2) is 0 Å². The number of hydrogen-bond donors (Lipinski definition) is 1. The minimum Gasteiger partial charge on any atom is -0.497 e. The van der Waals surface area contributed by atoms with Crippen LogP contribution in [-0.4, -0.2) is 14.2 Å². The molecule has 2 aromatic rings. The van der Waals surface area contributed by atoms with Gasteiger partial charge in [-0.25, -0.2) is 0 Å². The fraction of sp³-hybridized carbons (Fsp3) is 0.294. The van der Waals surface area contributed by atoms with Gasteiger partial charge in [-0.3, -0.25) is 0 Å². The molecule has 21 heavy (non-hydrogen) atoms. The standard InChI is InChI=1S/C17H21NO3/c1-19-16-6-3-13(4-7-16)11-21-12-14-5-8-17(20-2)15(9-14)10-18/h3-9H,10-12,18H2,1-2H3.